The SMILES string of the molecule is COc1ccc(NC(=O)C2=C(C)Nc3nc(SC)nn3C2c2cccc(OC)c2OC)cc1. The van der Waals surface area contributed by atoms with Crippen molar-refractivity contribution in [3.8, 4) is 17.2 Å². The normalized spacial score (nSPS) is 14.9. The molecule has 0 fully saturated rings. The number of carbonyl (C=O) groups excluding carboxylic acids is 1. The Hall–Kier alpha value is -3.66. The maximum Gasteiger partial charge on any atom is 0.255 e. The lowest BCUT2D eigenvalue weighted by molar-refractivity contribution is -0.113. The van der Waals surface area contributed by atoms with Crippen molar-refractivity contribution in [2.24, 2.45) is 0 Å². The number of aromatic nitrogens is 3. The van der Waals surface area contributed by atoms with Gasteiger partial charge >= 0.3 is 0 Å². The number of amides is 1. The fourth-order valence-electron chi connectivity index (χ4n) is 3.80. The van der Waals surface area contributed by atoms with E-state index in [1.807, 2.05) is 31.4 Å². The maximum atomic E-state index is 13.6. The second-order valence-corrected chi connectivity index (χ2v) is 7.97. The minimum absolute atomic E-state index is 0.271. The predicted octanol–water partition coefficient (Wildman–Crippen LogP) is 3.95. The van der Waals surface area contributed by atoms with E-state index in [1.54, 1.807) is 50.3 Å². The highest BCUT2D eigenvalue weighted by atomic mass is 32.2. The molecule has 9 nitrogen and oxygen atoms in total. The number of methoxy groups -OCH3 is 3. The number of nitrogens with zero attached hydrogens (tertiary/aromatic N) is 3. The minimum atomic E-state index is -0.585. The molecular weight excluding hydrogens is 442 g/mol. The van der Waals surface area contributed by atoms with Crippen molar-refractivity contribution < 1.29 is 19.0 Å². The molecule has 2 N–H and O–H groups in total. The average molecular weight is 468 g/mol. The van der Waals surface area contributed by atoms with Crippen molar-refractivity contribution in [1.29, 1.82) is 0 Å². The summed E-state index contributed by atoms with van der Waals surface area (Å²) >= 11 is 1.42. The summed E-state index contributed by atoms with van der Waals surface area (Å²) < 4.78 is 18.1. The number of rotatable bonds is 7. The van der Waals surface area contributed by atoms with Crippen LogP contribution in [0.1, 0.15) is 18.5 Å². The van der Waals surface area contributed by atoms with Crippen LogP contribution in [-0.4, -0.2) is 48.3 Å². The molecule has 0 saturated heterocycles. The third kappa shape index (κ3) is 4.21. The van der Waals surface area contributed by atoms with E-state index in [-0.39, 0.29) is 5.91 Å². The van der Waals surface area contributed by atoms with Crippen molar-refractivity contribution in [3.63, 3.8) is 0 Å². The summed E-state index contributed by atoms with van der Waals surface area (Å²) in [5.41, 5.74) is 2.54. The Balaban J connectivity index is 1.82. The molecule has 0 spiro atoms. The number of ether oxygens (including phenoxy) is 3. The van der Waals surface area contributed by atoms with Crippen LogP contribution in [0.5, 0.6) is 17.2 Å². The molecule has 1 atom stereocenters. The third-order valence-electron chi connectivity index (χ3n) is 5.34. The van der Waals surface area contributed by atoms with Crippen molar-refractivity contribution in [2.75, 3.05) is 38.2 Å². The van der Waals surface area contributed by atoms with Gasteiger partial charge in [-0.3, -0.25) is 4.79 Å². The van der Waals surface area contributed by atoms with Gasteiger partial charge in [0.2, 0.25) is 11.1 Å². The monoisotopic (exact) mass is 467 g/mol. The van der Waals surface area contributed by atoms with Crippen molar-refractivity contribution >= 4 is 29.3 Å². The van der Waals surface area contributed by atoms with Gasteiger partial charge in [0.25, 0.3) is 5.91 Å². The summed E-state index contributed by atoms with van der Waals surface area (Å²) in [5.74, 6) is 2.08. The smallest absolute Gasteiger partial charge is 0.255 e. The zero-order valence-electron chi connectivity index (χ0n) is 19.0. The van der Waals surface area contributed by atoms with Gasteiger partial charge in [-0.15, -0.1) is 5.10 Å². The third-order valence-corrected chi connectivity index (χ3v) is 5.87. The van der Waals surface area contributed by atoms with Gasteiger partial charge in [0.15, 0.2) is 11.5 Å². The van der Waals surface area contributed by atoms with E-state index < -0.39 is 6.04 Å². The van der Waals surface area contributed by atoms with Crippen LogP contribution in [0.15, 0.2) is 58.9 Å². The number of hydrogen-bond acceptors (Lipinski definition) is 8. The fourth-order valence-corrected chi connectivity index (χ4v) is 4.15. The number of thioether (sulfide) groups is 1. The van der Waals surface area contributed by atoms with Crippen LogP contribution in [0, 0.1) is 0 Å². The predicted molar refractivity (Wildman–Crippen MR) is 127 cm³/mol. The molecule has 1 aromatic heterocycles. The maximum absolute atomic E-state index is 13.6. The van der Waals surface area contributed by atoms with Gasteiger partial charge in [-0.1, -0.05) is 23.9 Å². The van der Waals surface area contributed by atoms with Gasteiger partial charge in [-0.25, -0.2) is 4.68 Å². The summed E-state index contributed by atoms with van der Waals surface area (Å²) in [7, 11) is 4.75. The summed E-state index contributed by atoms with van der Waals surface area (Å²) in [6.07, 6.45) is 1.90. The molecule has 10 heteroatoms. The number of allylic oxidation sites excluding steroid dienone is 1. The lowest BCUT2D eigenvalue weighted by atomic mass is 9.94. The van der Waals surface area contributed by atoms with Crippen LogP contribution in [0.25, 0.3) is 0 Å². The topological polar surface area (TPSA) is 99.5 Å². The van der Waals surface area contributed by atoms with Gasteiger partial charge in [0.1, 0.15) is 11.8 Å². The first-order valence-electron chi connectivity index (χ1n) is 10.1. The molecule has 1 aliphatic rings. The Morgan fingerprint density at radius 1 is 1.09 bits per heavy atom. The first-order chi connectivity index (χ1) is 16.0. The Morgan fingerprint density at radius 3 is 2.48 bits per heavy atom. The van der Waals surface area contributed by atoms with Crippen molar-refractivity contribution in [2.45, 2.75) is 18.1 Å². The van der Waals surface area contributed by atoms with E-state index in [4.69, 9.17) is 14.2 Å². The van der Waals surface area contributed by atoms with E-state index in [1.165, 1.54) is 11.8 Å². The molecule has 4 rings (SSSR count). The molecule has 2 aromatic carbocycles. The van der Waals surface area contributed by atoms with Crippen LogP contribution >= 0.6 is 11.8 Å². The van der Waals surface area contributed by atoms with E-state index in [0.717, 1.165) is 5.56 Å². The highest BCUT2D eigenvalue weighted by Gasteiger charge is 2.36. The lowest BCUT2D eigenvalue weighted by Crippen LogP contribution is -2.31. The summed E-state index contributed by atoms with van der Waals surface area (Å²) in [6.45, 7) is 1.85. The molecule has 1 aliphatic heterocycles. The van der Waals surface area contributed by atoms with Crippen LogP contribution < -0.4 is 24.8 Å². The second-order valence-electron chi connectivity index (χ2n) is 7.20. The first kappa shape index (κ1) is 22.5. The molecule has 2 heterocycles. The van der Waals surface area contributed by atoms with Gasteiger partial charge in [0.05, 0.1) is 26.9 Å². The highest BCUT2D eigenvalue weighted by molar-refractivity contribution is 7.98. The highest BCUT2D eigenvalue weighted by Crippen LogP contribution is 2.43. The van der Waals surface area contributed by atoms with E-state index in [0.29, 0.717) is 45.3 Å². The molecule has 0 radical (unpaired) electrons. The first-order valence-corrected chi connectivity index (χ1v) is 11.4. The number of benzene rings is 2. The van der Waals surface area contributed by atoms with Crippen LogP contribution in [0.4, 0.5) is 11.6 Å². The number of fused-ring (bicyclic) bond motifs is 1. The Morgan fingerprint density at radius 2 is 1.85 bits per heavy atom. The van der Waals surface area contributed by atoms with Crippen molar-refractivity contribution in [3.05, 3.63) is 59.3 Å². The number of para-hydroxylation sites is 1. The molecule has 3 aromatic rings. The minimum Gasteiger partial charge on any atom is -0.497 e. The molecule has 0 bridgehead atoms. The number of nitrogens with one attached hydrogen (secondary N) is 2. The van der Waals surface area contributed by atoms with Gasteiger partial charge in [-0.2, -0.15) is 4.98 Å². The Labute approximate surface area is 196 Å². The van der Waals surface area contributed by atoms with E-state index in [9.17, 15) is 4.79 Å². The molecular formula is C23H25N5O4S. The van der Waals surface area contributed by atoms with Crippen LogP contribution in [0.3, 0.4) is 0 Å². The number of anilines is 2. The standard InChI is InChI=1S/C23H25N5O4S/c1-13-18(21(29)25-14-9-11-15(30-2)12-10-14)19(28-22(24-13)26-23(27-28)33-5)16-7-6-8-17(31-3)20(16)32-4/h6-12,19H,1-5H3,(H,25,29)(H,24,26,27). The molecule has 33 heavy (non-hydrogen) atoms. The number of carbonyl (C=O) groups is 1. The largest absolute Gasteiger partial charge is 0.497 e. The van der Waals surface area contributed by atoms with Crippen molar-refractivity contribution in [1.82, 2.24) is 14.8 Å². The molecule has 0 aliphatic carbocycles. The second kappa shape index (κ2) is 9.45. The average Bonchev–Trinajstić information content (AvgIpc) is 3.25. The summed E-state index contributed by atoms with van der Waals surface area (Å²) in [4.78, 5) is 18.1. The molecule has 0 saturated carbocycles. The molecule has 172 valence electrons. The van der Waals surface area contributed by atoms with Crippen LogP contribution in [-0.2, 0) is 4.79 Å². The van der Waals surface area contributed by atoms with Gasteiger partial charge in [0, 0.05) is 16.9 Å². The Bertz CT molecular complexity index is 1210. The van der Waals surface area contributed by atoms with Gasteiger partial charge in [-0.05, 0) is 43.5 Å². The lowest BCUT2D eigenvalue weighted by Gasteiger charge is -2.29. The quantitative estimate of drug-likeness (QED) is 0.504. The van der Waals surface area contributed by atoms with Crippen LogP contribution in [0.2, 0.25) is 0 Å². The van der Waals surface area contributed by atoms with E-state index >= 15 is 0 Å². The summed E-state index contributed by atoms with van der Waals surface area (Å²) in [6, 6.07) is 12.1. The zero-order chi connectivity index (χ0) is 23.5. The van der Waals surface area contributed by atoms with E-state index in [2.05, 4.69) is 20.7 Å². The van der Waals surface area contributed by atoms with Gasteiger partial charge < -0.3 is 24.8 Å². The molecule has 1 amide bonds. The number of hydrogen-bond donors (Lipinski definition) is 2. The Kier molecular flexibility index (Phi) is 6.45. The molecule has 1 unspecified atom stereocenters. The summed E-state index contributed by atoms with van der Waals surface area (Å²) in [5, 5.41) is 11.4. The fraction of sp³-hybridized carbons (Fsp3) is 0.261. The zero-order valence-corrected chi connectivity index (χ0v) is 19.8.